The van der Waals surface area contributed by atoms with Crippen molar-refractivity contribution in [2.24, 2.45) is 5.92 Å². The van der Waals surface area contributed by atoms with Gasteiger partial charge in [0.25, 0.3) is 0 Å². The quantitative estimate of drug-likeness (QED) is 0.519. The van der Waals surface area contributed by atoms with Gasteiger partial charge >= 0.3 is 0 Å². The van der Waals surface area contributed by atoms with Gasteiger partial charge in [-0.25, -0.2) is 0 Å². The van der Waals surface area contributed by atoms with E-state index >= 15 is 0 Å². The molecular formula is C28H30N2O. The zero-order valence-corrected chi connectivity index (χ0v) is 18.0. The van der Waals surface area contributed by atoms with Gasteiger partial charge in [-0.2, -0.15) is 0 Å². The topological polar surface area (TPSA) is 23.6 Å². The van der Waals surface area contributed by atoms with Crippen LogP contribution in [-0.2, 0) is 11.2 Å². The van der Waals surface area contributed by atoms with E-state index in [4.69, 9.17) is 0 Å². The van der Waals surface area contributed by atoms with Crippen LogP contribution < -0.4 is 0 Å². The Hall–Kier alpha value is -2.91. The van der Waals surface area contributed by atoms with Gasteiger partial charge in [0, 0.05) is 19.6 Å². The van der Waals surface area contributed by atoms with Crippen LogP contribution in [0.5, 0.6) is 0 Å². The highest BCUT2D eigenvalue weighted by atomic mass is 16.2. The molecule has 31 heavy (non-hydrogen) atoms. The lowest BCUT2D eigenvalue weighted by Gasteiger charge is -2.40. The van der Waals surface area contributed by atoms with Crippen LogP contribution in [0.3, 0.4) is 0 Å². The summed E-state index contributed by atoms with van der Waals surface area (Å²) in [6, 6.07) is 25.5. The molecule has 3 nitrogen and oxygen atoms in total. The Morgan fingerprint density at radius 3 is 2.52 bits per heavy atom. The molecule has 2 aliphatic heterocycles. The number of carbonyl (C=O) groups excluding carboxylic acids is 1. The first kappa shape index (κ1) is 20.0. The molecule has 2 aliphatic rings. The van der Waals surface area contributed by atoms with E-state index in [1.54, 1.807) is 0 Å². The molecule has 158 valence electrons. The molecule has 3 heteroatoms. The summed E-state index contributed by atoms with van der Waals surface area (Å²) >= 11 is 0. The second-order valence-corrected chi connectivity index (χ2v) is 8.83. The average molecular weight is 411 g/mol. The van der Waals surface area contributed by atoms with Crippen LogP contribution in [0.4, 0.5) is 0 Å². The molecule has 3 atom stereocenters. The normalized spacial score (nSPS) is 22.5. The average Bonchev–Trinajstić information content (AvgIpc) is 3.25. The molecule has 0 bridgehead atoms. The van der Waals surface area contributed by atoms with Crippen LogP contribution in [0, 0.1) is 5.92 Å². The molecule has 2 heterocycles. The van der Waals surface area contributed by atoms with E-state index in [9.17, 15) is 4.79 Å². The molecule has 3 aromatic carbocycles. The van der Waals surface area contributed by atoms with E-state index in [1.165, 1.54) is 21.9 Å². The van der Waals surface area contributed by atoms with E-state index in [1.807, 2.05) is 12.1 Å². The Morgan fingerprint density at radius 1 is 0.935 bits per heavy atom. The smallest absolute Gasteiger partial charge is 0.240 e. The van der Waals surface area contributed by atoms with Gasteiger partial charge < -0.3 is 4.90 Å². The van der Waals surface area contributed by atoms with Crippen LogP contribution in [0.25, 0.3) is 10.8 Å². The van der Waals surface area contributed by atoms with Crippen molar-refractivity contribution in [2.45, 2.75) is 31.3 Å². The summed E-state index contributed by atoms with van der Waals surface area (Å²) in [5.41, 5.74) is 2.54. The molecule has 2 unspecified atom stereocenters. The zero-order chi connectivity index (χ0) is 21.2. The van der Waals surface area contributed by atoms with E-state index in [0.717, 1.165) is 38.9 Å². The first-order valence-corrected chi connectivity index (χ1v) is 11.4. The molecule has 0 aromatic heterocycles. The molecule has 0 aliphatic carbocycles. The highest BCUT2D eigenvalue weighted by molar-refractivity contribution is 5.87. The summed E-state index contributed by atoms with van der Waals surface area (Å²) < 4.78 is 0. The monoisotopic (exact) mass is 410 g/mol. The second kappa shape index (κ2) is 8.68. The van der Waals surface area contributed by atoms with Crippen molar-refractivity contribution in [2.75, 3.05) is 19.6 Å². The predicted molar refractivity (Wildman–Crippen MR) is 127 cm³/mol. The van der Waals surface area contributed by atoms with Crippen LogP contribution in [0.2, 0.25) is 0 Å². The molecule has 1 amide bonds. The number of piperidine rings is 1. The third-order valence-corrected chi connectivity index (χ3v) is 7.13. The number of carbonyl (C=O) groups is 1. The lowest BCUT2D eigenvalue weighted by Crippen LogP contribution is -2.53. The van der Waals surface area contributed by atoms with E-state index < -0.39 is 0 Å². The van der Waals surface area contributed by atoms with Crippen molar-refractivity contribution in [3.63, 3.8) is 0 Å². The van der Waals surface area contributed by atoms with Gasteiger partial charge in [-0.1, -0.05) is 78.9 Å². The summed E-state index contributed by atoms with van der Waals surface area (Å²) in [6.45, 7) is 6.81. The summed E-state index contributed by atoms with van der Waals surface area (Å²) in [6.07, 6.45) is 5.14. The van der Waals surface area contributed by atoms with Gasteiger partial charge in [-0.3, -0.25) is 9.69 Å². The van der Waals surface area contributed by atoms with Crippen molar-refractivity contribution in [1.82, 2.24) is 9.80 Å². The van der Waals surface area contributed by atoms with Crippen molar-refractivity contribution in [3.8, 4) is 0 Å². The van der Waals surface area contributed by atoms with Crippen molar-refractivity contribution < 1.29 is 4.79 Å². The van der Waals surface area contributed by atoms with Gasteiger partial charge in [-0.15, -0.1) is 6.58 Å². The van der Waals surface area contributed by atoms with Gasteiger partial charge in [0.05, 0.1) is 12.1 Å². The zero-order valence-electron chi connectivity index (χ0n) is 18.0. The first-order chi connectivity index (χ1) is 15.3. The number of fused-ring (bicyclic) bond motifs is 2. The molecular weight excluding hydrogens is 380 g/mol. The number of hydrogen-bond donors (Lipinski definition) is 0. The summed E-state index contributed by atoms with van der Waals surface area (Å²) in [5.74, 6) is 0.759. The Kier molecular flexibility index (Phi) is 5.61. The number of rotatable bonds is 6. The molecule has 0 saturated carbocycles. The minimum Gasteiger partial charge on any atom is -0.341 e. The Labute approximate surface area is 185 Å². The van der Waals surface area contributed by atoms with E-state index in [0.29, 0.717) is 11.8 Å². The van der Waals surface area contributed by atoms with Gasteiger partial charge in [0.15, 0.2) is 0 Å². The minimum absolute atomic E-state index is 0.0357. The summed E-state index contributed by atoms with van der Waals surface area (Å²) in [4.78, 5) is 18.1. The fourth-order valence-corrected chi connectivity index (χ4v) is 5.54. The van der Waals surface area contributed by atoms with Crippen molar-refractivity contribution >= 4 is 16.7 Å². The summed E-state index contributed by atoms with van der Waals surface area (Å²) in [7, 11) is 0. The molecule has 2 saturated heterocycles. The van der Waals surface area contributed by atoms with Crippen LogP contribution in [0.1, 0.15) is 30.0 Å². The third-order valence-electron chi connectivity index (χ3n) is 7.13. The molecule has 5 rings (SSSR count). The maximum absolute atomic E-state index is 13.6. The Balaban J connectivity index is 1.39. The minimum atomic E-state index is -0.0357. The number of benzene rings is 3. The predicted octanol–water partition coefficient (Wildman–Crippen LogP) is 5.23. The summed E-state index contributed by atoms with van der Waals surface area (Å²) in [5, 5.41) is 2.49. The molecule has 0 N–H and O–H groups in total. The fourth-order valence-electron chi connectivity index (χ4n) is 5.54. The van der Waals surface area contributed by atoms with Gasteiger partial charge in [-0.05, 0) is 47.1 Å². The third kappa shape index (κ3) is 3.79. The van der Waals surface area contributed by atoms with Gasteiger partial charge in [0.2, 0.25) is 5.91 Å². The molecule has 0 radical (unpaired) electrons. The van der Waals surface area contributed by atoms with Crippen molar-refractivity contribution in [1.29, 1.82) is 0 Å². The number of nitrogens with zero attached hydrogens (tertiary/aromatic N) is 2. The van der Waals surface area contributed by atoms with Crippen LogP contribution in [-0.4, -0.2) is 41.4 Å². The Bertz CT molecular complexity index is 1070. The van der Waals surface area contributed by atoms with Crippen LogP contribution >= 0.6 is 0 Å². The lowest BCUT2D eigenvalue weighted by molar-refractivity contribution is -0.141. The number of likely N-dealkylation sites (tertiary alicyclic amines) is 2. The number of hydrogen-bond acceptors (Lipinski definition) is 2. The SMILES string of the molecule is C=CC(c1cccc2ccccc12)N1CC[C@H]2CCN(CCc3ccccc3)C(=O)C21. The largest absolute Gasteiger partial charge is 0.341 e. The maximum atomic E-state index is 13.6. The second-order valence-electron chi connectivity index (χ2n) is 8.83. The fraction of sp³-hybridized carbons (Fsp3) is 0.321. The molecule has 3 aromatic rings. The van der Waals surface area contributed by atoms with Crippen LogP contribution in [0.15, 0.2) is 85.5 Å². The standard InChI is InChI=1S/C28H30N2O/c1-2-26(25-14-8-12-22-11-6-7-13-24(22)25)30-20-17-23-16-19-29(28(31)27(23)30)18-15-21-9-4-3-5-10-21/h2-14,23,26-27H,1,15-20H2/t23-,26?,27?/m1/s1. The van der Waals surface area contributed by atoms with E-state index in [2.05, 4.69) is 83.1 Å². The molecule has 2 fully saturated rings. The highest BCUT2D eigenvalue weighted by Gasteiger charge is 2.46. The highest BCUT2D eigenvalue weighted by Crippen LogP contribution is 2.40. The Morgan fingerprint density at radius 2 is 1.68 bits per heavy atom. The van der Waals surface area contributed by atoms with Crippen molar-refractivity contribution in [3.05, 3.63) is 96.6 Å². The number of amides is 1. The first-order valence-electron chi connectivity index (χ1n) is 11.4. The molecule has 0 spiro atoms. The maximum Gasteiger partial charge on any atom is 0.240 e. The van der Waals surface area contributed by atoms with E-state index in [-0.39, 0.29) is 12.1 Å². The lowest BCUT2D eigenvalue weighted by atomic mass is 9.90. The van der Waals surface area contributed by atoms with Gasteiger partial charge in [0.1, 0.15) is 0 Å².